The van der Waals surface area contributed by atoms with Crippen LogP contribution in [0.25, 0.3) is 6.08 Å². The lowest BCUT2D eigenvalue weighted by atomic mass is 9.98. The summed E-state index contributed by atoms with van der Waals surface area (Å²) >= 11 is 0. The quantitative estimate of drug-likeness (QED) is 0.699. The fourth-order valence-electron chi connectivity index (χ4n) is 1.60. The molecule has 0 bridgehead atoms. The fraction of sp³-hybridized carbons (Fsp3) is 0.400. The monoisotopic (exact) mass is 216 g/mol. The van der Waals surface area contributed by atoms with Gasteiger partial charge in [-0.25, -0.2) is 0 Å². The first kappa shape index (κ1) is 12.7. The van der Waals surface area contributed by atoms with Crippen LogP contribution >= 0.6 is 0 Å². The number of carbonyl (C=O) groups is 1. The van der Waals surface area contributed by atoms with Crippen LogP contribution in [0, 0.1) is 5.92 Å². The van der Waals surface area contributed by atoms with Gasteiger partial charge in [0, 0.05) is 12.3 Å². The minimum absolute atomic E-state index is 0.153. The standard InChI is InChI=1S/C15H20O/c1-3-8-15(16)13(2)9-7-12-14-10-5-4-6-11-14/h4-7,10-13H,3,8-9H2,1-2H3/b12-7+. The first-order valence-electron chi connectivity index (χ1n) is 5.98. The van der Waals surface area contributed by atoms with Crippen LogP contribution in [0.15, 0.2) is 36.4 Å². The van der Waals surface area contributed by atoms with Crippen LogP contribution in [0.5, 0.6) is 0 Å². The van der Waals surface area contributed by atoms with Crippen molar-refractivity contribution in [2.24, 2.45) is 5.92 Å². The summed E-state index contributed by atoms with van der Waals surface area (Å²) in [6.45, 7) is 4.05. The maximum atomic E-state index is 11.6. The Morgan fingerprint density at radius 3 is 2.62 bits per heavy atom. The van der Waals surface area contributed by atoms with Gasteiger partial charge in [0.1, 0.15) is 5.78 Å². The molecule has 0 aromatic heterocycles. The second kappa shape index (κ2) is 7.00. The minimum Gasteiger partial charge on any atom is -0.299 e. The van der Waals surface area contributed by atoms with E-state index in [2.05, 4.69) is 24.3 Å². The Labute approximate surface area is 98.2 Å². The van der Waals surface area contributed by atoms with E-state index in [1.54, 1.807) is 0 Å². The predicted octanol–water partition coefficient (Wildman–Crippen LogP) is 4.10. The Bertz CT molecular complexity index is 338. The molecule has 1 aromatic rings. The highest BCUT2D eigenvalue weighted by atomic mass is 16.1. The van der Waals surface area contributed by atoms with E-state index in [1.165, 1.54) is 5.56 Å². The molecule has 1 atom stereocenters. The van der Waals surface area contributed by atoms with Gasteiger partial charge in [-0.2, -0.15) is 0 Å². The molecule has 1 rings (SSSR count). The third-order valence-corrected chi connectivity index (χ3v) is 2.65. The number of Topliss-reactive ketones (excluding diaryl/α,β-unsaturated/α-hetero) is 1. The second-order valence-electron chi connectivity index (χ2n) is 4.17. The largest absolute Gasteiger partial charge is 0.299 e. The molecule has 1 aromatic carbocycles. The molecule has 86 valence electrons. The molecule has 0 radical (unpaired) electrons. The summed E-state index contributed by atoms with van der Waals surface area (Å²) < 4.78 is 0. The van der Waals surface area contributed by atoms with Crippen molar-refractivity contribution >= 4 is 11.9 Å². The number of ketones is 1. The first-order chi connectivity index (χ1) is 7.74. The summed E-state index contributed by atoms with van der Waals surface area (Å²) in [5.41, 5.74) is 1.19. The van der Waals surface area contributed by atoms with Gasteiger partial charge in [-0.15, -0.1) is 0 Å². The molecule has 0 spiro atoms. The molecule has 16 heavy (non-hydrogen) atoms. The minimum atomic E-state index is 0.153. The average Bonchev–Trinajstić information content (AvgIpc) is 2.30. The van der Waals surface area contributed by atoms with Crippen molar-refractivity contribution in [3.8, 4) is 0 Å². The van der Waals surface area contributed by atoms with E-state index in [0.717, 1.165) is 12.8 Å². The molecule has 0 aliphatic heterocycles. The number of hydrogen-bond acceptors (Lipinski definition) is 1. The van der Waals surface area contributed by atoms with E-state index in [1.807, 2.05) is 32.0 Å². The number of benzene rings is 1. The lowest BCUT2D eigenvalue weighted by molar-refractivity contribution is -0.122. The predicted molar refractivity (Wildman–Crippen MR) is 69.2 cm³/mol. The zero-order chi connectivity index (χ0) is 11.8. The lowest BCUT2D eigenvalue weighted by Crippen LogP contribution is -2.08. The molecule has 0 amide bonds. The van der Waals surface area contributed by atoms with Gasteiger partial charge in [-0.3, -0.25) is 4.79 Å². The Kier molecular flexibility index (Phi) is 5.55. The Balaban J connectivity index is 2.40. The van der Waals surface area contributed by atoms with Gasteiger partial charge in [0.05, 0.1) is 0 Å². The van der Waals surface area contributed by atoms with Crippen LogP contribution < -0.4 is 0 Å². The van der Waals surface area contributed by atoms with Crippen LogP contribution in [0.1, 0.15) is 38.7 Å². The van der Waals surface area contributed by atoms with E-state index in [0.29, 0.717) is 12.2 Å². The van der Waals surface area contributed by atoms with E-state index in [4.69, 9.17) is 0 Å². The smallest absolute Gasteiger partial charge is 0.135 e. The summed E-state index contributed by atoms with van der Waals surface area (Å²) in [6.07, 6.45) is 6.67. The van der Waals surface area contributed by atoms with Gasteiger partial charge in [0.25, 0.3) is 0 Å². The molecule has 0 saturated carbocycles. The fourth-order valence-corrected chi connectivity index (χ4v) is 1.60. The summed E-state index contributed by atoms with van der Waals surface area (Å²) in [4.78, 5) is 11.6. The van der Waals surface area contributed by atoms with Crippen LogP contribution in [0.3, 0.4) is 0 Å². The van der Waals surface area contributed by atoms with Crippen molar-refractivity contribution in [2.45, 2.75) is 33.1 Å². The second-order valence-corrected chi connectivity index (χ2v) is 4.17. The number of hydrogen-bond donors (Lipinski definition) is 0. The zero-order valence-corrected chi connectivity index (χ0v) is 10.1. The Hall–Kier alpha value is -1.37. The summed E-state index contributed by atoms with van der Waals surface area (Å²) in [7, 11) is 0. The summed E-state index contributed by atoms with van der Waals surface area (Å²) in [5, 5.41) is 0. The normalized spacial score (nSPS) is 12.9. The van der Waals surface area contributed by atoms with Crippen molar-refractivity contribution in [1.29, 1.82) is 0 Å². The molecule has 0 N–H and O–H groups in total. The first-order valence-corrected chi connectivity index (χ1v) is 5.98. The Morgan fingerprint density at radius 2 is 2.00 bits per heavy atom. The van der Waals surface area contributed by atoms with Gasteiger partial charge >= 0.3 is 0 Å². The van der Waals surface area contributed by atoms with E-state index in [-0.39, 0.29) is 5.92 Å². The molecular weight excluding hydrogens is 196 g/mol. The third-order valence-electron chi connectivity index (χ3n) is 2.65. The van der Waals surface area contributed by atoms with Gasteiger partial charge < -0.3 is 0 Å². The highest BCUT2D eigenvalue weighted by Crippen LogP contribution is 2.10. The molecule has 1 heteroatoms. The molecule has 0 aliphatic rings. The van der Waals surface area contributed by atoms with E-state index >= 15 is 0 Å². The number of rotatable bonds is 6. The maximum Gasteiger partial charge on any atom is 0.135 e. The number of allylic oxidation sites excluding steroid dienone is 1. The maximum absolute atomic E-state index is 11.6. The van der Waals surface area contributed by atoms with Crippen molar-refractivity contribution < 1.29 is 4.79 Å². The molecule has 1 unspecified atom stereocenters. The van der Waals surface area contributed by atoms with Crippen molar-refractivity contribution in [3.63, 3.8) is 0 Å². The molecule has 0 heterocycles. The van der Waals surface area contributed by atoms with E-state index in [9.17, 15) is 4.79 Å². The van der Waals surface area contributed by atoms with Gasteiger partial charge in [-0.1, -0.05) is 56.3 Å². The highest BCUT2D eigenvalue weighted by molar-refractivity contribution is 5.80. The number of carbonyl (C=O) groups excluding carboxylic acids is 1. The summed E-state index contributed by atoms with van der Waals surface area (Å²) in [5.74, 6) is 0.528. The molecule has 0 saturated heterocycles. The molecule has 0 fully saturated rings. The topological polar surface area (TPSA) is 17.1 Å². The SMILES string of the molecule is CCCC(=O)C(C)C/C=C/c1ccccc1. The van der Waals surface area contributed by atoms with Gasteiger partial charge in [0.2, 0.25) is 0 Å². The molecule has 1 nitrogen and oxygen atoms in total. The van der Waals surface area contributed by atoms with Crippen LogP contribution in [-0.4, -0.2) is 5.78 Å². The van der Waals surface area contributed by atoms with Gasteiger partial charge in [-0.05, 0) is 18.4 Å². The molecule has 0 aliphatic carbocycles. The van der Waals surface area contributed by atoms with Crippen LogP contribution in [0.4, 0.5) is 0 Å². The average molecular weight is 216 g/mol. The zero-order valence-electron chi connectivity index (χ0n) is 10.1. The van der Waals surface area contributed by atoms with Crippen molar-refractivity contribution in [3.05, 3.63) is 42.0 Å². The van der Waals surface area contributed by atoms with Crippen LogP contribution in [0.2, 0.25) is 0 Å². The highest BCUT2D eigenvalue weighted by Gasteiger charge is 2.09. The lowest BCUT2D eigenvalue weighted by Gasteiger charge is -2.05. The Morgan fingerprint density at radius 1 is 1.31 bits per heavy atom. The summed E-state index contributed by atoms with van der Waals surface area (Å²) in [6, 6.07) is 10.2. The molecular formula is C15H20O. The van der Waals surface area contributed by atoms with Crippen LogP contribution in [-0.2, 0) is 4.79 Å². The van der Waals surface area contributed by atoms with Crippen molar-refractivity contribution in [2.75, 3.05) is 0 Å². The third kappa shape index (κ3) is 4.43. The van der Waals surface area contributed by atoms with E-state index < -0.39 is 0 Å². The van der Waals surface area contributed by atoms with Crippen molar-refractivity contribution in [1.82, 2.24) is 0 Å². The van der Waals surface area contributed by atoms with Gasteiger partial charge in [0.15, 0.2) is 0 Å².